The van der Waals surface area contributed by atoms with E-state index in [1.54, 1.807) is 4.90 Å². The average molecular weight is 301 g/mol. The van der Waals surface area contributed by atoms with Gasteiger partial charge in [0.2, 0.25) is 5.95 Å². The van der Waals surface area contributed by atoms with Crippen molar-refractivity contribution in [2.75, 3.05) is 18.0 Å². The third-order valence-electron chi connectivity index (χ3n) is 4.44. The van der Waals surface area contributed by atoms with Gasteiger partial charge in [0.15, 0.2) is 0 Å². The van der Waals surface area contributed by atoms with Crippen LogP contribution in [0.25, 0.3) is 0 Å². The molecular formula is C14H18F3N3O. The van der Waals surface area contributed by atoms with Crippen LogP contribution in [-0.4, -0.2) is 29.2 Å². The summed E-state index contributed by atoms with van der Waals surface area (Å²) < 4.78 is 38.0. The van der Waals surface area contributed by atoms with Crippen LogP contribution in [-0.2, 0) is 12.8 Å². The van der Waals surface area contributed by atoms with Crippen LogP contribution in [0.1, 0.15) is 36.9 Å². The van der Waals surface area contributed by atoms with Crippen molar-refractivity contribution >= 4 is 5.95 Å². The van der Waals surface area contributed by atoms with Crippen molar-refractivity contribution in [2.24, 2.45) is 5.92 Å². The van der Waals surface area contributed by atoms with E-state index in [9.17, 15) is 18.0 Å². The van der Waals surface area contributed by atoms with Gasteiger partial charge in [0.25, 0.3) is 5.56 Å². The molecule has 0 bridgehead atoms. The number of hydrogen-bond donors (Lipinski definition) is 1. The third kappa shape index (κ3) is 2.91. The SMILES string of the molecule is O=c1[nH]c(N2CCC(C(F)(F)F)CC2)nc2c1CCCC2. The Morgan fingerprint density at radius 2 is 1.81 bits per heavy atom. The molecule has 0 aromatic carbocycles. The maximum absolute atomic E-state index is 12.7. The quantitative estimate of drug-likeness (QED) is 0.866. The number of rotatable bonds is 1. The molecule has 1 aliphatic carbocycles. The molecule has 116 valence electrons. The molecule has 0 spiro atoms. The van der Waals surface area contributed by atoms with E-state index in [0.29, 0.717) is 5.95 Å². The first-order valence-electron chi connectivity index (χ1n) is 7.39. The van der Waals surface area contributed by atoms with Crippen LogP contribution >= 0.6 is 0 Å². The van der Waals surface area contributed by atoms with E-state index in [0.717, 1.165) is 36.9 Å². The van der Waals surface area contributed by atoms with Gasteiger partial charge in [-0.05, 0) is 38.5 Å². The highest BCUT2D eigenvalue weighted by atomic mass is 19.4. The van der Waals surface area contributed by atoms with E-state index in [1.807, 2.05) is 0 Å². The van der Waals surface area contributed by atoms with Crippen LogP contribution in [0.4, 0.5) is 19.1 Å². The van der Waals surface area contributed by atoms with Crippen molar-refractivity contribution in [1.82, 2.24) is 9.97 Å². The summed E-state index contributed by atoms with van der Waals surface area (Å²) in [4.78, 5) is 21.0. The number of alkyl halides is 3. The maximum Gasteiger partial charge on any atom is 0.391 e. The lowest BCUT2D eigenvalue weighted by molar-refractivity contribution is -0.179. The van der Waals surface area contributed by atoms with E-state index in [4.69, 9.17) is 0 Å². The van der Waals surface area contributed by atoms with Crippen LogP contribution in [0.3, 0.4) is 0 Å². The van der Waals surface area contributed by atoms with Crippen molar-refractivity contribution in [2.45, 2.75) is 44.7 Å². The topological polar surface area (TPSA) is 49.0 Å². The van der Waals surface area contributed by atoms with Crippen molar-refractivity contribution in [3.8, 4) is 0 Å². The lowest BCUT2D eigenvalue weighted by atomic mass is 9.96. The Hall–Kier alpha value is -1.53. The number of hydrogen-bond acceptors (Lipinski definition) is 3. The van der Waals surface area contributed by atoms with E-state index >= 15 is 0 Å². The average Bonchev–Trinajstić information content (AvgIpc) is 2.46. The predicted molar refractivity (Wildman–Crippen MR) is 72.5 cm³/mol. The fraction of sp³-hybridized carbons (Fsp3) is 0.714. The van der Waals surface area contributed by atoms with Crippen LogP contribution in [0, 0.1) is 5.92 Å². The predicted octanol–water partition coefficient (Wildman–Crippen LogP) is 2.43. The van der Waals surface area contributed by atoms with Gasteiger partial charge in [0, 0.05) is 18.7 Å². The smallest absolute Gasteiger partial charge is 0.342 e. The highest BCUT2D eigenvalue weighted by Crippen LogP contribution is 2.34. The molecule has 0 atom stereocenters. The normalized spacial score (nSPS) is 20.4. The summed E-state index contributed by atoms with van der Waals surface area (Å²) in [5, 5.41) is 0. The number of aromatic nitrogens is 2. The third-order valence-corrected chi connectivity index (χ3v) is 4.44. The van der Waals surface area contributed by atoms with Crippen molar-refractivity contribution in [1.29, 1.82) is 0 Å². The Morgan fingerprint density at radius 3 is 2.48 bits per heavy atom. The van der Waals surface area contributed by atoms with Crippen molar-refractivity contribution in [3.05, 3.63) is 21.6 Å². The molecule has 1 aliphatic heterocycles. The molecule has 2 heterocycles. The molecule has 1 saturated heterocycles. The van der Waals surface area contributed by atoms with Crippen molar-refractivity contribution < 1.29 is 13.2 Å². The van der Waals surface area contributed by atoms with Crippen molar-refractivity contribution in [3.63, 3.8) is 0 Å². The Kier molecular flexibility index (Phi) is 3.67. The first-order valence-corrected chi connectivity index (χ1v) is 7.39. The van der Waals surface area contributed by atoms with Gasteiger partial charge >= 0.3 is 6.18 Å². The van der Waals surface area contributed by atoms with Gasteiger partial charge in [-0.1, -0.05) is 0 Å². The highest BCUT2D eigenvalue weighted by Gasteiger charge is 2.41. The molecule has 0 unspecified atom stereocenters. The van der Waals surface area contributed by atoms with Crippen LogP contribution in [0.5, 0.6) is 0 Å². The van der Waals surface area contributed by atoms with Gasteiger partial charge in [-0.15, -0.1) is 0 Å². The first-order chi connectivity index (χ1) is 9.95. The minimum absolute atomic E-state index is 0.0598. The Bertz CT molecular complexity index is 574. The van der Waals surface area contributed by atoms with Crippen LogP contribution in [0.15, 0.2) is 4.79 Å². The monoisotopic (exact) mass is 301 g/mol. The van der Waals surface area contributed by atoms with Gasteiger partial charge in [0.05, 0.1) is 11.6 Å². The molecule has 0 amide bonds. The summed E-state index contributed by atoms with van der Waals surface area (Å²) in [6.45, 7) is 0.567. The summed E-state index contributed by atoms with van der Waals surface area (Å²) in [5.74, 6) is -0.806. The zero-order valence-electron chi connectivity index (χ0n) is 11.7. The molecule has 1 aromatic heterocycles. The minimum atomic E-state index is -4.12. The molecule has 4 nitrogen and oxygen atoms in total. The number of halogens is 3. The molecule has 2 aliphatic rings. The Balaban J connectivity index is 1.77. The number of anilines is 1. The molecule has 7 heteroatoms. The van der Waals surface area contributed by atoms with Gasteiger partial charge in [-0.2, -0.15) is 13.2 Å². The Labute approximate surface area is 120 Å². The fourth-order valence-corrected chi connectivity index (χ4v) is 3.16. The summed E-state index contributed by atoms with van der Waals surface area (Å²) >= 11 is 0. The summed E-state index contributed by atoms with van der Waals surface area (Å²) in [6, 6.07) is 0. The number of aromatic amines is 1. The fourth-order valence-electron chi connectivity index (χ4n) is 3.16. The zero-order valence-corrected chi connectivity index (χ0v) is 11.7. The van der Waals surface area contributed by atoms with E-state index in [2.05, 4.69) is 9.97 Å². The van der Waals surface area contributed by atoms with Gasteiger partial charge < -0.3 is 4.90 Å². The summed E-state index contributed by atoms with van der Waals surface area (Å²) in [5.41, 5.74) is 1.43. The lowest BCUT2D eigenvalue weighted by Gasteiger charge is -2.33. The molecule has 1 fully saturated rings. The number of piperidine rings is 1. The first kappa shape index (κ1) is 14.4. The molecule has 0 radical (unpaired) electrons. The largest absolute Gasteiger partial charge is 0.391 e. The molecule has 1 aromatic rings. The molecular weight excluding hydrogens is 283 g/mol. The molecule has 0 saturated carbocycles. The van der Waals surface area contributed by atoms with E-state index < -0.39 is 12.1 Å². The lowest BCUT2D eigenvalue weighted by Crippen LogP contribution is -2.40. The number of H-pyrrole nitrogens is 1. The second kappa shape index (κ2) is 5.35. The minimum Gasteiger partial charge on any atom is -0.342 e. The summed E-state index contributed by atoms with van der Waals surface area (Å²) in [6.07, 6.45) is -0.468. The van der Waals surface area contributed by atoms with Crippen LogP contribution in [0.2, 0.25) is 0 Å². The molecule has 21 heavy (non-hydrogen) atoms. The highest BCUT2D eigenvalue weighted by molar-refractivity contribution is 5.34. The van der Waals surface area contributed by atoms with E-state index in [-0.39, 0.29) is 31.5 Å². The number of nitrogens with zero attached hydrogens (tertiary/aromatic N) is 2. The molecule has 3 rings (SSSR count). The van der Waals surface area contributed by atoms with Gasteiger partial charge in [-0.3, -0.25) is 9.78 Å². The summed E-state index contributed by atoms with van der Waals surface area (Å²) in [7, 11) is 0. The number of nitrogens with one attached hydrogen (secondary N) is 1. The second-order valence-electron chi connectivity index (χ2n) is 5.82. The number of aryl methyl sites for hydroxylation is 1. The van der Waals surface area contributed by atoms with Crippen LogP contribution < -0.4 is 10.5 Å². The maximum atomic E-state index is 12.7. The second-order valence-corrected chi connectivity index (χ2v) is 5.82. The number of fused-ring (bicyclic) bond motifs is 1. The zero-order chi connectivity index (χ0) is 15.0. The Morgan fingerprint density at radius 1 is 1.14 bits per heavy atom. The molecule has 1 N–H and O–H groups in total. The van der Waals surface area contributed by atoms with Gasteiger partial charge in [-0.25, -0.2) is 4.98 Å². The standard InChI is InChI=1S/C14H18F3N3O/c15-14(16,17)9-5-7-20(8-6-9)13-18-11-4-2-1-3-10(11)12(21)19-13/h9H,1-8H2,(H,18,19,21). The van der Waals surface area contributed by atoms with E-state index in [1.165, 1.54) is 0 Å². The van der Waals surface area contributed by atoms with Gasteiger partial charge in [0.1, 0.15) is 0 Å².